The second kappa shape index (κ2) is 6.53. The molecule has 3 rings (SSSR count). The minimum Gasteiger partial charge on any atom is -0.301 e. The smallest absolute Gasteiger partial charge is 0.166 e. The minimum atomic E-state index is 0.163. The fourth-order valence-electron chi connectivity index (χ4n) is 2.73. The molecule has 0 unspecified atom stereocenters. The molecule has 23 heavy (non-hydrogen) atoms. The Morgan fingerprint density at radius 2 is 2.13 bits per heavy atom. The van der Waals surface area contributed by atoms with E-state index in [2.05, 4.69) is 42.2 Å². The van der Waals surface area contributed by atoms with Crippen molar-refractivity contribution in [3.8, 4) is 0 Å². The quantitative estimate of drug-likeness (QED) is 0.873. The van der Waals surface area contributed by atoms with Gasteiger partial charge >= 0.3 is 0 Å². The number of hydrogen-bond acceptors (Lipinski definition) is 3. The highest BCUT2D eigenvalue weighted by Crippen LogP contribution is 2.22. The summed E-state index contributed by atoms with van der Waals surface area (Å²) in [7, 11) is 0. The molecule has 0 radical (unpaired) electrons. The molecule has 0 atom stereocenters. The first-order valence-corrected chi connectivity index (χ1v) is 7.73. The number of Topliss-reactive ketones (excluding diaryl/α,β-unsaturated/α-hetero) is 1. The van der Waals surface area contributed by atoms with Crippen LogP contribution in [0.4, 0.5) is 0 Å². The van der Waals surface area contributed by atoms with Crippen molar-refractivity contribution in [3.63, 3.8) is 0 Å². The third-order valence-corrected chi connectivity index (χ3v) is 4.01. The van der Waals surface area contributed by atoms with Crippen LogP contribution in [-0.4, -0.2) is 5.78 Å². The van der Waals surface area contributed by atoms with E-state index in [-0.39, 0.29) is 5.78 Å². The number of benzene rings is 1. The summed E-state index contributed by atoms with van der Waals surface area (Å²) in [6.45, 7) is 7.95. The lowest BCUT2D eigenvalue weighted by Gasteiger charge is -2.12. The Bertz CT molecular complexity index is 766. The third kappa shape index (κ3) is 3.51. The highest BCUT2D eigenvalue weighted by atomic mass is 16.1. The molecule has 0 amide bonds. The van der Waals surface area contributed by atoms with Crippen molar-refractivity contribution in [3.05, 3.63) is 89.7 Å². The molecule has 1 heterocycles. The zero-order chi connectivity index (χ0) is 16.2. The van der Waals surface area contributed by atoms with Crippen LogP contribution in [0.25, 0.3) is 5.70 Å². The molecule has 0 fully saturated rings. The van der Waals surface area contributed by atoms with Crippen molar-refractivity contribution < 1.29 is 4.79 Å². The molecular formula is C20H20N2O. The van der Waals surface area contributed by atoms with Crippen LogP contribution in [0.15, 0.2) is 78.6 Å². The Hall–Kier alpha value is -2.81. The van der Waals surface area contributed by atoms with Crippen LogP contribution >= 0.6 is 0 Å². The van der Waals surface area contributed by atoms with Gasteiger partial charge in [0.05, 0.1) is 5.70 Å². The normalized spacial score (nSPS) is 16.5. The Labute approximate surface area is 136 Å². The fourth-order valence-corrected chi connectivity index (χ4v) is 2.73. The highest BCUT2D eigenvalue weighted by molar-refractivity contribution is 6.01. The number of carbonyl (C=O) groups excluding carboxylic acids is 1. The molecule has 2 N–H and O–H groups in total. The molecule has 1 aromatic rings. The van der Waals surface area contributed by atoms with Gasteiger partial charge in [-0.1, -0.05) is 49.6 Å². The Kier molecular flexibility index (Phi) is 4.29. The van der Waals surface area contributed by atoms with Crippen LogP contribution in [0.2, 0.25) is 0 Å². The van der Waals surface area contributed by atoms with Crippen LogP contribution in [0.1, 0.15) is 24.0 Å². The van der Waals surface area contributed by atoms with Gasteiger partial charge < -0.3 is 10.9 Å². The molecule has 0 spiro atoms. The van der Waals surface area contributed by atoms with Crippen molar-refractivity contribution in [2.75, 3.05) is 0 Å². The molecule has 3 nitrogen and oxygen atoms in total. The first-order valence-electron chi connectivity index (χ1n) is 7.73. The number of nitrogens with one attached hydrogen (secondary N) is 2. The maximum absolute atomic E-state index is 11.9. The van der Waals surface area contributed by atoms with Gasteiger partial charge in [0.15, 0.2) is 5.78 Å². The second-order valence-electron chi connectivity index (χ2n) is 5.77. The monoisotopic (exact) mass is 304 g/mol. The SMILES string of the molecule is C=C1C=C(c2cccc(CCC(=C)C3=CC=CCC3=O)c2)NN1. The summed E-state index contributed by atoms with van der Waals surface area (Å²) in [6, 6.07) is 8.37. The topological polar surface area (TPSA) is 41.1 Å². The molecule has 0 saturated heterocycles. The molecule has 3 heteroatoms. The van der Waals surface area contributed by atoms with Gasteiger partial charge in [0.25, 0.3) is 0 Å². The van der Waals surface area contributed by atoms with Crippen LogP contribution in [-0.2, 0) is 11.2 Å². The van der Waals surface area contributed by atoms with E-state index in [1.54, 1.807) is 0 Å². The molecule has 0 saturated carbocycles. The average molecular weight is 304 g/mol. The molecular weight excluding hydrogens is 284 g/mol. The summed E-state index contributed by atoms with van der Waals surface area (Å²) in [6.07, 6.45) is 9.80. The van der Waals surface area contributed by atoms with Crippen molar-refractivity contribution in [2.24, 2.45) is 0 Å². The maximum atomic E-state index is 11.9. The molecule has 0 bridgehead atoms. The second-order valence-corrected chi connectivity index (χ2v) is 5.77. The molecule has 2 aliphatic rings. The molecule has 116 valence electrons. The number of carbonyl (C=O) groups is 1. The van der Waals surface area contributed by atoms with E-state index in [0.717, 1.165) is 40.9 Å². The van der Waals surface area contributed by atoms with E-state index in [4.69, 9.17) is 0 Å². The molecule has 1 aromatic carbocycles. The number of hydrogen-bond donors (Lipinski definition) is 2. The first kappa shape index (κ1) is 15.1. The average Bonchev–Trinajstić information content (AvgIpc) is 3.00. The number of aryl methyl sites for hydroxylation is 1. The van der Waals surface area contributed by atoms with Crippen molar-refractivity contribution >= 4 is 11.5 Å². The lowest BCUT2D eigenvalue weighted by Crippen LogP contribution is -2.21. The lowest BCUT2D eigenvalue weighted by molar-refractivity contribution is -0.114. The van der Waals surface area contributed by atoms with Crippen molar-refractivity contribution in [1.29, 1.82) is 0 Å². The Morgan fingerprint density at radius 1 is 1.26 bits per heavy atom. The zero-order valence-corrected chi connectivity index (χ0v) is 13.1. The highest BCUT2D eigenvalue weighted by Gasteiger charge is 2.14. The van der Waals surface area contributed by atoms with Gasteiger partial charge in [-0.3, -0.25) is 4.79 Å². The first-order chi connectivity index (χ1) is 11.1. The molecule has 1 aliphatic carbocycles. The van der Waals surface area contributed by atoms with E-state index in [1.165, 1.54) is 5.56 Å². The van der Waals surface area contributed by atoms with Crippen LogP contribution < -0.4 is 10.9 Å². The van der Waals surface area contributed by atoms with Gasteiger partial charge in [0.1, 0.15) is 0 Å². The minimum absolute atomic E-state index is 0.163. The van der Waals surface area contributed by atoms with E-state index >= 15 is 0 Å². The van der Waals surface area contributed by atoms with Crippen molar-refractivity contribution in [1.82, 2.24) is 10.9 Å². The maximum Gasteiger partial charge on any atom is 0.166 e. The molecule has 1 aliphatic heterocycles. The van der Waals surface area contributed by atoms with Gasteiger partial charge in [0, 0.05) is 17.7 Å². The van der Waals surface area contributed by atoms with Crippen molar-refractivity contribution in [2.45, 2.75) is 19.3 Å². The van der Waals surface area contributed by atoms with Crippen LogP contribution in [0.5, 0.6) is 0 Å². The van der Waals surface area contributed by atoms with Crippen LogP contribution in [0, 0.1) is 0 Å². The van der Waals surface area contributed by atoms with Gasteiger partial charge in [-0.05, 0) is 41.7 Å². The summed E-state index contributed by atoms with van der Waals surface area (Å²) >= 11 is 0. The number of hydrazine groups is 1. The van der Waals surface area contributed by atoms with E-state index in [0.29, 0.717) is 6.42 Å². The number of rotatable bonds is 5. The summed E-state index contributed by atoms with van der Waals surface area (Å²) in [5, 5.41) is 0. The van der Waals surface area contributed by atoms with E-state index in [1.807, 2.05) is 30.4 Å². The summed E-state index contributed by atoms with van der Waals surface area (Å²) in [5.74, 6) is 0.163. The number of ketones is 1. The predicted octanol–water partition coefficient (Wildman–Crippen LogP) is 3.59. The van der Waals surface area contributed by atoms with Gasteiger partial charge in [0.2, 0.25) is 0 Å². The number of allylic oxidation sites excluding steroid dienone is 6. The van der Waals surface area contributed by atoms with Gasteiger partial charge in [-0.15, -0.1) is 0 Å². The van der Waals surface area contributed by atoms with Gasteiger partial charge in [-0.2, -0.15) is 0 Å². The summed E-state index contributed by atoms with van der Waals surface area (Å²) in [4.78, 5) is 11.9. The third-order valence-electron chi connectivity index (χ3n) is 4.01. The predicted molar refractivity (Wildman–Crippen MR) is 94.1 cm³/mol. The lowest BCUT2D eigenvalue weighted by atomic mass is 9.92. The Balaban J connectivity index is 1.67. The van der Waals surface area contributed by atoms with E-state index in [9.17, 15) is 4.79 Å². The molecule has 0 aromatic heterocycles. The van der Waals surface area contributed by atoms with Crippen LogP contribution in [0.3, 0.4) is 0 Å². The fraction of sp³-hybridized carbons (Fsp3) is 0.150. The zero-order valence-electron chi connectivity index (χ0n) is 13.1. The summed E-state index contributed by atoms with van der Waals surface area (Å²) in [5.41, 5.74) is 12.0. The Morgan fingerprint density at radius 3 is 2.87 bits per heavy atom. The van der Waals surface area contributed by atoms with E-state index < -0.39 is 0 Å². The standard InChI is InChI=1S/C20H20N2O/c1-14(18-8-3-4-9-20(18)23)10-11-16-6-5-7-17(13-16)19-12-15(2)21-22-19/h3-8,12-13,21-22H,1-2,9-11H2. The largest absolute Gasteiger partial charge is 0.301 e. The summed E-state index contributed by atoms with van der Waals surface area (Å²) < 4.78 is 0. The van der Waals surface area contributed by atoms with Gasteiger partial charge in [-0.25, -0.2) is 0 Å².